The van der Waals surface area contributed by atoms with E-state index in [0.29, 0.717) is 18.9 Å². The zero-order chi connectivity index (χ0) is 15.0. The summed E-state index contributed by atoms with van der Waals surface area (Å²) in [7, 11) is -2.93. The molecule has 0 radical (unpaired) electrons. The second-order valence-corrected chi connectivity index (χ2v) is 8.45. The molecule has 116 valence electrons. The van der Waals surface area contributed by atoms with Crippen LogP contribution in [0.5, 0.6) is 0 Å². The van der Waals surface area contributed by atoms with E-state index in [9.17, 15) is 8.42 Å². The Hall–Kier alpha value is -1.21. The van der Waals surface area contributed by atoms with Crippen molar-refractivity contribution in [2.24, 2.45) is 0 Å². The first-order valence-corrected chi connectivity index (χ1v) is 9.40. The van der Waals surface area contributed by atoms with Gasteiger partial charge in [0.15, 0.2) is 0 Å². The van der Waals surface area contributed by atoms with Crippen molar-refractivity contribution in [2.75, 3.05) is 24.2 Å². The van der Waals surface area contributed by atoms with Gasteiger partial charge in [-0.05, 0) is 19.8 Å². The van der Waals surface area contributed by atoms with Crippen LogP contribution in [-0.2, 0) is 22.8 Å². The molecule has 0 aliphatic carbocycles. The first kappa shape index (κ1) is 14.7. The highest BCUT2D eigenvalue weighted by molar-refractivity contribution is 7.91. The third-order valence-corrected chi connectivity index (χ3v) is 6.17. The molecule has 0 spiro atoms. The van der Waals surface area contributed by atoms with Crippen LogP contribution in [0.25, 0.3) is 0 Å². The molecule has 1 N–H and O–H groups in total. The summed E-state index contributed by atoms with van der Waals surface area (Å²) in [6.45, 7) is 4.44. The number of sulfone groups is 1. The summed E-state index contributed by atoms with van der Waals surface area (Å²) >= 11 is 0. The largest absolute Gasteiger partial charge is 0.356 e. The van der Waals surface area contributed by atoms with Crippen molar-refractivity contribution in [1.29, 1.82) is 0 Å². The van der Waals surface area contributed by atoms with Crippen molar-refractivity contribution in [3.63, 3.8) is 0 Å². The molecule has 3 heterocycles. The molecule has 1 fully saturated rings. The molecule has 0 unspecified atom stereocenters. The van der Waals surface area contributed by atoms with E-state index in [0.717, 1.165) is 37.6 Å². The number of hydrogen-bond donors (Lipinski definition) is 1. The molecule has 2 aliphatic heterocycles. The predicted octanol–water partition coefficient (Wildman–Crippen LogP) is 0.524. The molecular formula is C14H22N4O2S. The second-order valence-electron chi connectivity index (χ2n) is 6.12. The molecule has 1 atom stereocenters. The quantitative estimate of drug-likeness (QED) is 0.858. The monoisotopic (exact) mass is 310 g/mol. The van der Waals surface area contributed by atoms with Crippen molar-refractivity contribution in [1.82, 2.24) is 15.3 Å². The number of aromatic nitrogens is 2. The number of nitrogens with zero attached hydrogens (tertiary/aromatic N) is 3. The lowest BCUT2D eigenvalue weighted by Gasteiger charge is -2.34. The van der Waals surface area contributed by atoms with Gasteiger partial charge in [-0.2, -0.15) is 0 Å². The molecule has 1 aromatic rings. The number of fused-ring (bicyclic) bond motifs is 1. The minimum atomic E-state index is -2.93. The van der Waals surface area contributed by atoms with Crippen molar-refractivity contribution in [3.8, 4) is 0 Å². The fourth-order valence-electron chi connectivity index (χ4n) is 3.20. The highest BCUT2D eigenvalue weighted by Gasteiger charge is 2.29. The Balaban J connectivity index is 1.79. The zero-order valence-corrected chi connectivity index (χ0v) is 13.4. The Morgan fingerprint density at radius 2 is 2.00 bits per heavy atom. The topological polar surface area (TPSA) is 75.2 Å². The zero-order valence-electron chi connectivity index (χ0n) is 12.5. The second kappa shape index (κ2) is 5.53. The molecule has 0 saturated carbocycles. The van der Waals surface area contributed by atoms with Gasteiger partial charge in [-0.25, -0.2) is 18.4 Å². The van der Waals surface area contributed by atoms with Gasteiger partial charge in [-0.3, -0.25) is 0 Å². The van der Waals surface area contributed by atoms with Crippen molar-refractivity contribution >= 4 is 15.7 Å². The van der Waals surface area contributed by atoms with E-state index >= 15 is 0 Å². The van der Waals surface area contributed by atoms with Crippen LogP contribution in [0.4, 0.5) is 5.82 Å². The molecular weight excluding hydrogens is 288 g/mol. The fraction of sp³-hybridized carbons (Fsp3) is 0.714. The van der Waals surface area contributed by atoms with E-state index in [1.54, 1.807) is 6.33 Å². The lowest BCUT2D eigenvalue weighted by molar-refractivity contribution is 0.496. The average Bonchev–Trinajstić information content (AvgIpc) is 2.45. The minimum absolute atomic E-state index is 0.204. The van der Waals surface area contributed by atoms with Gasteiger partial charge in [0.05, 0.1) is 10.9 Å². The first-order valence-electron chi connectivity index (χ1n) is 7.45. The first-order chi connectivity index (χ1) is 9.95. The van der Waals surface area contributed by atoms with Gasteiger partial charge < -0.3 is 10.2 Å². The number of nitrogens with one attached hydrogen (secondary N) is 1. The van der Waals surface area contributed by atoms with Crippen LogP contribution in [0.1, 0.15) is 31.0 Å². The molecule has 3 rings (SSSR count). The highest BCUT2D eigenvalue weighted by Crippen LogP contribution is 2.27. The summed E-state index contributed by atoms with van der Waals surface area (Å²) in [5.74, 6) is 0.978. The van der Waals surface area contributed by atoms with Crippen molar-refractivity contribution < 1.29 is 8.42 Å². The molecule has 0 amide bonds. The molecule has 2 aliphatic rings. The normalized spacial score (nSPS) is 23.9. The predicted molar refractivity (Wildman–Crippen MR) is 82.1 cm³/mol. The number of anilines is 1. The SMILES string of the molecule is C[C@@H]1Cc2ncnc(N3CCC(S(C)(=O)=O)CC3)c2CN1. The molecule has 7 heteroatoms. The summed E-state index contributed by atoms with van der Waals surface area (Å²) < 4.78 is 23.3. The van der Waals surface area contributed by atoms with Gasteiger partial charge in [0.1, 0.15) is 22.0 Å². The van der Waals surface area contributed by atoms with Gasteiger partial charge in [-0.15, -0.1) is 0 Å². The van der Waals surface area contributed by atoms with Crippen LogP contribution >= 0.6 is 0 Å². The fourth-order valence-corrected chi connectivity index (χ4v) is 4.27. The van der Waals surface area contributed by atoms with E-state index in [1.165, 1.54) is 11.8 Å². The van der Waals surface area contributed by atoms with Gasteiger partial charge in [0, 0.05) is 43.9 Å². The standard InChI is InChI=1S/C14H22N4O2S/c1-10-7-13-12(8-15-10)14(17-9-16-13)18-5-3-11(4-6-18)21(2,19)20/h9-11,15H,3-8H2,1-2H3/t10-/m1/s1. The molecule has 0 bridgehead atoms. The molecule has 1 saturated heterocycles. The smallest absolute Gasteiger partial charge is 0.150 e. The Kier molecular flexibility index (Phi) is 3.88. The summed E-state index contributed by atoms with van der Waals surface area (Å²) in [5.41, 5.74) is 2.30. The van der Waals surface area contributed by atoms with E-state index in [-0.39, 0.29) is 5.25 Å². The van der Waals surface area contributed by atoms with Gasteiger partial charge >= 0.3 is 0 Å². The van der Waals surface area contributed by atoms with Crippen molar-refractivity contribution in [2.45, 2.75) is 44.0 Å². The van der Waals surface area contributed by atoms with Crippen LogP contribution < -0.4 is 10.2 Å². The van der Waals surface area contributed by atoms with Gasteiger partial charge in [0.2, 0.25) is 0 Å². The van der Waals surface area contributed by atoms with Gasteiger partial charge in [0.25, 0.3) is 0 Å². The number of rotatable bonds is 2. The van der Waals surface area contributed by atoms with Crippen molar-refractivity contribution in [3.05, 3.63) is 17.6 Å². The minimum Gasteiger partial charge on any atom is -0.356 e. The van der Waals surface area contributed by atoms with Crippen LogP contribution in [0, 0.1) is 0 Å². The van der Waals surface area contributed by atoms with Crippen LogP contribution in [0.15, 0.2) is 6.33 Å². The summed E-state index contributed by atoms with van der Waals surface area (Å²) in [6, 6.07) is 0.441. The van der Waals surface area contributed by atoms with E-state index < -0.39 is 9.84 Å². The maximum absolute atomic E-state index is 11.6. The number of piperidine rings is 1. The lowest BCUT2D eigenvalue weighted by Crippen LogP contribution is -2.41. The summed E-state index contributed by atoms with van der Waals surface area (Å²) in [5, 5.41) is 3.24. The molecule has 1 aromatic heterocycles. The maximum Gasteiger partial charge on any atom is 0.150 e. The third-order valence-electron chi connectivity index (χ3n) is 4.49. The highest BCUT2D eigenvalue weighted by atomic mass is 32.2. The van der Waals surface area contributed by atoms with E-state index in [4.69, 9.17) is 0 Å². The summed E-state index contributed by atoms with van der Waals surface area (Å²) in [4.78, 5) is 11.1. The molecule has 0 aromatic carbocycles. The number of hydrogen-bond acceptors (Lipinski definition) is 6. The van der Waals surface area contributed by atoms with Crippen LogP contribution in [0.3, 0.4) is 0 Å². The average molecular weight is 310 g/mol. The van der Waals surface area contributed by atoms with Gasteiger partial charge in [-0.1, -0.05) is 0 Å². The Bertz CT molecular complexity index is 624. The Labute approximate surface area is 125 Å². The molecule has 6 nitrogen and oxygen atoms in total. The third kappa shape index (κ3) is 3.03. The molecule has 21 heavy (non-hydrogen) atoms. The van der Waals surface area contributed by atoms with E-state index in [2.05, 4.69) is 27.1 Å². The van der Waals surface area contributed by atoms with Crippen LogP contribution in [0.2, 0.25) is 0 Å². The Morgan fingerprint density at radius 3 is 2.67 bits per heavy atom. The maximum atomic E-state index is 11.6. The Morgan fingerprint density at radius 1 is 1.29 bits per heavy atom. The lowest BCUT2D eigenvalue weighted by atomic mass is 10.0. The van der Waals surface area contributed by atoms with E-state index in [1.807, 2.05) is 0 Å². The summed E-state index contributed by atoms with van der Waals surface area (Å²) in [6.07, 6.45) is 5.26. The van der Waals surface area contributed by atoms with Crippen LogP contribution in [-0.4, -0.2) is 49.0 Å².